The summed E-state index contributed by atoms with van der Waals surface area (Å²) in [5, 5.41) is 7.71. The summed E-state index contributed by atoms with van der Waals surface area (Å²) < 4.78 is 1.51. The Morgan fingerprint density at radius 1 is 1.24 bits per heavy atom. The van der Waals surface area contributed by atoms with Crippen LogP contribution in [0.3, 0.4) is 0 Å². The number of rotatable bonds is 5. The molecule has 3 rings (SSSR count). The number of hydrogen-bond donors (Lipinski definition) is 1. The van der Waals surface area contributed by atoms with Gasteiger partial charge in [-0.25, -0.2) is 14.6 Å². The van der Waals surface area contributed by atoms with E-state index in [2.05, 4.69) is 20.4 Å². The Morgan fingerprint density at radius 3 is 2.76 bits per heavy atom. The van der Waals surface area contributed by atoms with Gasteiger partial charge in [0.2, 0.25) is 0 Å². The summed E-state index contributed by atoms with van der Waals surface area (Å²) in [6, 6.07) is 7.16. The first-order valence-electron chi connectivity index (χ1n) is 8.06. The molecule has 0 spiro atoms. The fourth-order valence-electron chi connectivity index (χ4n) is 2.66. The summed E-state index contributed by atoms with van der Waals surface area (Å²) in [4.78, 5) is 20.9. The van der Waals surface area contributed by atoms with E-state index in [1.807, 2.05) is 26.0 Å². The van der Waals surface area contributed by atoms with E-state index in [0.717, 1.165) is 29.7 Å². The summed E-state index contributed by atoms with van der Waals surface area (Å²) in [6.07, 6.45) is 6.07. The first-order chi connectivity index (χ1) is 12.1. The average molecular weight is 356 g/mol. The summed E-state index contributed by atoms with van der Waals surface area (Å²) in [5.74, 6) is 0.318. The lowest BCUT2D eigenvalue weighted by Crippen LogP contribution is -2.16. The van der Waals surface area contributed by atoms with Crippen molar-refractivity contribution >= 4 is 23.2 Å². The molecule has 3 aromatic rings. The molecule has 0 radical (unpaired) electrons. The van der Waals surface area contributed by atoms with Crippen molar-refractivity contribution < 1.29 is 4.79 Å². The summed E-state index contributed by atoms with van der Waals surface area (Å²) in [7, 11) is 0. The van der Waals surface area contributed by atoms with Gasteiger partial charge in [0, 0.05) is 22.5 Å². The highest BCUT2D eigenvalue weighted by molar-refractivity contribution is 6.32. The highest BCUT2D eigenvalue weighted by atomic mass is 35.5. The minimum Gasteiger partial charge on any atom is -0.321 e. The molecule has 0 atom stereocenters. The largest absolute Gasteiger partial charge is 0.321 e. The number of pyridine rings is 1. The predicted molar refractivity (Wildman–Crippen MR) is 97.3 cm³/mol. The number of carbonyl (C=O) groups is 1. The van der Waals surface area contributed by atoms with E-state index in [1.54, 1.807) is 18.3 Å². The Balaban J connectivity index is 1.93. The lowest BCUT2D eigenvalue weighted by molar-refractivity contribution is 0.102. The van der Waals surface area contributed by atoms with Gasteiger partial charge in [0.15, 0.2) is 5.82 Å². The van der Waals surface area contributed by atoms with Crippen LogP contribution in [0.2, 0.25) is 5.02 Å². The van der Waals surface area contributed by atoms with Gasteiger partial charge in [0.1, 0.15) is 12.7 Å². The van der Waals surface area contributed by atoms with Gasteiger partial charge < -0.3 is 5.32 Å². The zero-order valence-electron chi connectivity index (χ0n) is 14.0. The third-order valence-corrected chi connectivity index (χ3v) is 4.33. The number of carbonyl (C=O) groups excluding carboxylic acids is 1. The van der Waals surface area contributed by atoms with E-state index in [-0.39, 0.29) is 5.91 Å². The first-order valence-corrected chi connectivity index (χ1v) is 8.44. The molecule has 2 aromatic heterocycles. The van der Waals surface area contributed by atoms with Gasteiger partial charge in [0.25, 0.3) is 5.91 Å². The molecule has 6 nitrogen and oxygen atoms in total. The van der Waals surface area contributed by atoms with Gasteiger partial charge in [-0.15, -0.1) is 0 Å². The van der Waals surface area contributed by atoms with Gasteiger partial charge in [-0.2, -0.15) is 5.10 Å². The molecule has 0 saturated heterocycles. The van der Waals surface area contributed by atoms with Crippen LogP contribution in [0.5, 0.6) is 0 Å². The number of hydrogen-bond acceptors (Lipinski definition) is 4. The minimum atomic E-state index is -0.213. The fourth-order valence-corrected chi connectivity index (χ4v) is 2.96. The fraction of sp³-hybridized carbons (Fsp3) is 0.222. The third kappa shape index (κ3) is 3.53. The lowest BCUT2D eigenvalue weighted by atomic mass is 10.0. The summed E-state index contributed by atoms with van der Waals surface area (Å²) >= 11 is 6.30. The smallest absolute Gasteiger partial charge is 0.255 e. The molecule has 0 aliphatic heterocycles. The number of halogens is 1. The zero-order valence-corrected chi connectivity index (χ0v) is 14.8. The number of aryl methyl sites for hydroxylation is 1. The van der Waals surface area contributed by atoms with Gasteiger partial charge in [-0.1, -0.05) is 31.5 Å². The van der Waals surface area contributed by atoms with E-state index in [4.69, 9.17) is 11.6 Å². The van der Waals surface area contributed by atoms with Crippen molar-refractivity contribution in [1.29, 1.82) is 0 Å². The minimum absolute atomic E-state index is 0.213. The summed E-state index contributed by atoms with van der Waals surface area (Å²) in [6.45, 7) is 4.07. The Kier molecular flexibility index (Phi) is 5.09. The maximum atomic E-state index is 12.8. The van der Waals surface area contributed by atoms with Crippen LogP contribution >= 0.6 is 11.6 Å². The van der Waals surface area contributed by atoms with Crippen molar-refractivity contribution in [3.8, 4) is 5.82 Å². The molecule has 0 unspecified atom stereocenters. The number of aromatic nitrogens is 4. The molecule has 25 heavy (non-hydrogen) atoms. The molecule has 0 saturated carbocycles. The predicted octanol–water partition coefficient (Wildman–Crippen LogP) is 3.69. The number of anilines is 1. The molecule has 1 aromatic carbocycles. The van der Waals surface area contributed by atoms with E-state index in [1.165, 1.54) is 17.3 Å². The van der Waals surface area contributed by atoms with E-state index in [9.17, 15) is 4.79 Å². The van der Waals surface area contributed by atoms with Crippen molar-refractivity contribution in [2.24, 2.45) is 0 Å². The molecule has 0 aliphatic carbocycles. The molecule has 0 fully saturated rings. The van der Waals surface area contributed by atoms with Crippen LogP contribution in [0.25, 0.3) is 5.82 Å². The SMILES string of the molecule is CCc1ccc(Cl)c(CC)c1NC(=O)c1ccnc(-n2cncn2)c1. The second-order valence-corrected chi connectivity index (χ2v) is 5.87. The van der Waals surface area contributed by atoms with Crippen LogP contribution in [-0.4, -0.2) is 25.7 Å². The van der Waals surface area contributed by atoms with Crippen LogP contribution in [-0.2, 0) is 12.8 Å². The van der Waals surface area contributed by atoms with Crippen LogP contribution in [0.1, 0.15) is 35.3 Å². The Hall–Kier alpha value is -2.73. The summed E-state index contributed by atoms with van der Waals surface area (Å²) in [5.41, 5.74) is 3.28. The number of nitrogens with zero attached hydrogens (tertiary/aromatic N) is 4. The number of amides is 1. The van der Waals surface area contributed by atoms with E-state index in [0.29, 0.717) is 16.4 Å². The van der Waals surface area contributed by atoms with Crippen molar-refractivity contribution in [3.05, 3.63) is 64.8 Å². The molecule has 128 valence electrons. The van der Waals surface area contributed by atoms with E-state index < -0.39 is 0 Å². The first kappa shape index (κ1) is 17.1. The van der Waals surface area contributed by atoms with E-state index >= 15 is 0 Å². The van der Waals surface area contributed by atoms with Crippen molar-refractivity contribution in [3.63, 3.8) is 0 Å². The quantitative estimate of drug-likeness (QED) is 0.757. The molecule has 7 heteroatoms. The highest BCUT2D eigenvalue weighted by Crippen LogP contribution is 2.30. The van der Waals surface area contributed by atoms with Crippen LogP contribution < -0.4 is 5.32 Å². The third-order valence-electron chi connectivity index (χ3n) is 3.98. The van der Waals surface area contributed by atoms with Crippen molar-refractivity contribution in [2.75, 3.05) is 5.32 Å². The highest BCUT2D eigenvalue weighted by Gasteiger charge is 2.15. The van der Waals surface area contributed by atoms with Crippen LogP contribution in [0.15, 0.2) is 43.1 Å². The van der Waals surface area contributed by atoms with Gasteiger partial charge >= 0.3 is 0 Å². The molecular weight excluding hydrogens is 338 g/mol. The Labute approximate surface area is 150 Å². The second kappa shape index (κ2) is 7.44. The topological polar surface area (TPSA) is 72.7 Å². The Morgan fingerprint density at radius 2 is 2.08 bits per heavy atom. The molecule has 0 bridgehead atoms. The monoisotopic (exact) mass is 355 g/mol. The van der Waals surface area contributed by atoms with Crippen molar-refractivity contribution in [2.45, 2.75) is 26.7 Å². The number of benzene rings is 1. The van der Waals surface area contributed by atoms with Crippen LogP contribution in [0.4, 0.5) is 5.69 Å². The standard InChI is InChI=1S/C18H18ClN5O/c1-3-12-5-6-15(19)14(4-2)17(12)23-18(25)13-7-8-21-16(9-13)24-11-20-10-22-24/h5-11H,3-4H2,1-2H3,(H,23,25). The molecule has 1 N–H and O–H groups in total. The average Bonchev–Trinajstić information content (AvgIpc) is 3.17. The second-order valence-electron chi connectivity index (χ2n) is 5.46. The molecular formula is C18H18ClN5O. The molecule has 2 heterocycles. The maximum absolute atomic E-state index is 12.8. The number of nitrogens with one attached hydrogen (secondary N) is 1. The van der Waals surface area contributed by atoms with Crippen molar-refractivity contribution in [1.82, 2.24) is 19.7 Å². The Bertz CT molecular complexity index is 892. The van der Waals surface area contributed by atoms with Gasteiger partial charge in [-0.3, -0.25) is 4.79 Å². The molecule has 0 aliphatic rings. The van der Waals surface area contributed by atoms with Crippen LogP contribution in [0, 0.1) is 0 Å². The maximum Gasteiger partial charge on any atom is 0.255 e. The normalized spacial score (nSPS) is 10.7. The van der Waals surface area contributed by atoms with Gasteiger partial charge in [-0.05, 0) is 42.2 Å². The molecule has 1 amide bonds. The lowest BCUT2D eigenvalue weighted by Gasteiger charge is -2.16. The van der Waals surface area contributed by atoms with Gasteiger partial charge in [0.05, 0.1) is 0 Å². The zero-order chi connectivity index (χ0) is 17.8.